The number of halogens is 2. The molecule has 0 radical (unpaired) electrons. The zero-order chi connectivity index (χ0) is 16.7. The molecule has 1 aromatic rings. The molecule has 3 aliphatic carbocycles. The highest BCUT2D eigenvalue weighted by molar-refractivity contribution is 6.21. The largest absolute Gasteiger partial charge is 0.271 e. The fraction of sp³-hybridized carbons (Fsp3) is 0.556. The van der Waals surface area contributed by atoms with Crippen molar-refractivity contribution >= 4 is 11.8 Å². The lowest BCUT2D eigenvalue weighted by Crippen LogP contribution is -2.61. The predicted molar refractivity (Wildman–Crippen MR) is 79.8 cm³/mol. The molecule has 4 aliphatic rings. The average Bonchev–Trinajstić information content (AvgIpc) is 2.75. The van der Waals surface area contributed by atoms with Crippen LogP contribution in [0.25, 0.3) is 0 Å². The molecular formula is C18H19F2NO2. The van der Waals surface area contributed by atoms with Gasteiger partial charge in [-0.1, -0.05) is 20.8 Å². The van der Waals surface area contributed by atoms with Gasteiger partial charge in [-0.2, -0.15) is 0 Å². The third kappa shape index (κ3) is 1.68. The second-order valence-electron chi connectivity index (χ2n) is 7.78. The molecule has 3 saturated carbocycles. The Morgan fingerprint density at radius 1 is 1.04 bits per heavy atom. The Kier molecular flexibility index (Phi) is 2.83. The Morgan fingerprint density at radius 3 is 2.00 bits per heavy atom. The third-order valence-electron chi connectivity index (χ3n) is 6.61. The van der Waals surface area contributed by atoms with Crippen LogP contribution in [0.2, 0.25) is 0 Å². The first-order valence-corrected chi connectivity index (χ1v) is 8.11. The summed E-state index contributed by atoms with van der Waals surface area (Å²) in [6.07, 6.45) is 1.83. The number of amides is 2. The lowest BCUT2D eigenvalue weighted by Gasteiger charge is -2.62. The molecule has 0 N–H and O–H groups in total. The number of imide groups is 1. The Balaban J connectivity index is 1.73. The third-order valence-corrected chi connectivity index (χ3v) is 6.61. The van der Waals surface area contributed by atoms with Crippen LogP contribution in [-0.4, -0.2) is 22.8 Å². The molecule has 0 aromatic heterocycles. The summed E-state index contributed by atoms with van der Waals surface area (Å²) in [5, 5.41) is 0. The van der Waals surface area contributed by atoms with Gasteiger partial charge in [0.05, 0.1) is 11.1 Å². The highest BCUT2D eigenvalue weighted by atomic mass is 19.1. The summed E-state index contributed by atoms with van der Waals surface area (Å²) in [6.45, 7) is 6.49. The Morgan fingerprint density at radius 2 is 1.57 bits per heavy atom. The monoisotopic (exact) mass is 319 g/mol. The number of nitrogens with zero attached hydrogens (tertiary/aromatic N) is 1. The van der Waals surface area contributed by atoms with Crippen LogP contribution in [0.5, 0.6) is 0 Å². The van der Waals surface area contributed by atoms with Crippen LogP contribution in [0.15, 0.2) is 12.1 Å². The van der Waals surface area contributed by atoms with Crippen LogP contribution < -0.4 is 0 Å². The second kappa shape index (κ2) is 4.40. The Hall–Kier alpha value is -1.78. The van der Waals surface area contributed by atoms with E-state index in [9.17, 15) is 18.4 Å². The topological polar surface area (TPSA) is 37.4 Å². The molecule has 5 rings (SSSR count). The summed E-state index contributed by atoms with van der Waals surface area (Å²) < 4.78 is 27.9. The molecule has 1 heterocycles. The Bertz CT molecular complexity index is 702. The van der Waals surface area contributed by atoms with E-state index in [1.54, 1.807) is 0 Å². The van der Waals surface area contributed by atoms with Gasteiger partial charge in [-0.15, -0.1) is 0 Å². The number of benzene rings is 1. The lowest BCUT2D eigenvalue weighted by molar-refractivity contribution is -0.127. The first kappa shape index (κ1) is 14.8. The molecule has 0 spiro atoms. The van der Waals surface area contributed by atoms with Crippen LogP contribution in [0, 0.1) is 34.8 Å². The lowest BCUT2D eigenvalue weighted by atomic mass is 9.44. The van der Waals surface area contributed by atoms with Gasteiger partial charge in [0, 0.05) is 6.04 Å². The van der Waals surface area contributed by atoms with Crippen molar-refractivity contribution in [1.82, 2.24) is 4.90 Å². The van der Waals surface area contributed by atoms with Crippen molar-refractivity contribution in [2.45, 2.75) is 39.7 Å². The van der Waals surface area contributed by atoms with Crippen molar-refractivity contribution in [2.75, 3.05) is 0 Å². The van der Waals surface area contributed by atoms with Gasteiger partial charge < -0.3 is 0 Å². The molecule has 4 atom stereocenters. The van der Waals surface area contributed by atoms with Gasteiger partial charge in [-0.05, 0) is 48.1 Å². The highest BCUT2D eigenvalue weighted by Crippen LogP contribution is 2.62. The van der Waals surface area contributed by atoms with Crippen LogP contribution in [0.1, 0.15) is 54.3 Å². The van der Waals surface area contributed by atoms with Gasteiger partial charge in [0.2, 0.25) is 0 Å². The van der Waals surface area contributed by atoms with E-state index in [1.165, 1.54) is 0 Å². The van der Waals surface area contributed by atoms with E-state index in [1.807, 2.05) is 6.92 Å². The predicted octanol–water partition coefficient (Wildman–Crippen LogP) is 3.63. The maximum absolute atomic E-state index is 14.0. The Labute approximate surface area is 133 Å². The summed E-state index contributed by atoms with van der Waals surface area (Å²) >= 11 is 0. The molecule has 5 heteroatoms. The van der Waals surface area contributed by atoms with E-state index in [0.29, 0.717) is 11.8 Å². The second-order valence-corrected chi connectivity index (χ2v) is 7.78. The van der Waals surface area contributed by atoms with Gasteiger partial charge in [0.25, 0.3) is 11.8 Å². The number of hydrogen-bond acceptors (Lipinski definition) is 2. The molecule has 1 unspecified atom stereocenters. The smallest absolute Gasteiger partial charge is 0.264 e. The van der Waals surface area contributed by atoms with E-state index in [0.717, 1.165) is 29.9 Å². The normalized spacial score (nSPS) is 34.4. The molecule has 3 nitrogen and oxygen atoms in total. The fourth-order valence-corrected chi connectivity index (χ4v) is 5.07. The van der Waals surface area contributed by atoms with Crippen molar-refractivity contribution in [3.63, 3.8) is 0 Å². The maximum atomic E-state index is 14.0. The van der Waals surface area contributed by atoms with E-state index < -0.39 is 34.6 Å². The van der Waals surface area contributed by atoms with Crippen molar-refractivity contribution in [3.05, 3.63) is 34.9 Å². The summed E-state index contributed by atoms with van der Waals surface area (Å²) in [4.78, 5) is 26.3. The van der Waals surface area contributed by atoms with E-state index in [2.05, 4.69) is 13.8 Å². The molecule has 0 saturated heterocycles. The fourth-order valence-electron chi connectivity index (χ4n) is 5.07. The van der Waals surface area contributed by atoms with Gasteiger partial charge in [-0.3, -0.25) is 14.5 Å². The summed E-state index contributed by atoms with van der Waals surface area (Å²) in [5.74, 6) is -1.98. The van der Waals surface area contributed by atoms with Crippen LogP contribution in [0.3, 0.4) is 0 Å². The number of carbonyl (C=O) groups excluding carboxylic acids is 2. The van der Waals surface area contributed by atoms with Crippen LogP contribution in [0.4, 0.5) is 8.78 Å². The first-order chi connectivity index (χ1) is 10.7. The van der Waals surface area contributed by atoms with Gasteiger partial charge in [0.1, 0.15) is 11.6 Å². The van der Waals surface area contributed by atoms with Crippen molar-refractivity contribution < 1.29 is 18.4 Å². The minimum atomic E-state index is -0.823. The average molecular weight is 319 g/mol. The minimum absolute atomic E-state index is 0.142. The molecule has 2 amide bonds. The number of fused-ring (bicyclic) bond motifs is 3. The van der Waals surface area contributed by atoms with Gasteiger partial charge >= 0.3 is 0 Å². The molecule has 2 bridgehead atoms. The summed E-state index contributed by atoms with van der Waals surface area (Å²) in [6, 6.07) is 1.56. The quantitative estimate of drug-likeness (QED) is 0.741. The van der Waals surface area contributed by atoms with Crippen molar-refractivity contribution in [3.8, 4) is 0 Å². The SMILES string of the molecule is C[C@@H]1[C@@H](N2C(=O)c3c(F)ccc(F)c3C2=O)CC2C[C@@H]1C2(C)C. The molecule has 122 valence electrons. The maximum Gasteiger partial charge on any atom is 0.264 e. The molecular weight excluding hydrogens is 300 g/mol. The minimum Gasteiger partial charge on any atom is -0.271 e. The molecule has 23 heavy (non-hydrogen) atoms. The van der Waals surface area contributed by atoms with Crippen molar-refractivity contribution in [2.24, 2.45) is 23.2 Å². The first-order valence-electron chi connectivity index (χ1n) is 8.11. The molecule has 1 aliphatic heterocycles. The molecule has 1 aromatic carbocycles. The summed E-state index contributed by atoms with van der Waals surface area (Å²) in [7, 11) is 0. The number of rotatable bonds is 1. The molecule has 3 fully saturated rings. The van der Waals surface area contributed by atoms with E-state index in [-0.39, 0.29) is 17.4 Å². The van der Waals surface area contributed by atoms with Gasteiger partial charge in [0.15, 0.2) is 0 Å². The van der Waals surface area contributed by atoms with E-state index >= 15 is 0 Å². The standard InChI is InChI=1S/C18H19F2NO2/c1-8-10-6-9(18(10,2)3)7-13(8)21-16(22)14-11(19)4-5-12(20)15(14)17(21)23/h4-5,8-10,13H,6-7H2,1-3H3/t8-,9?,10-,13-/m0/s1. The zero-order valence-corrected chi connectivity index (χ0v) is 13.4. The summed E-state index contributed by atoms with van der Waals surface area (Å²) in [5.41, 5.74) is -0.591. The van der Waals surface area contributed by atoms with Crippen LogP contribution in [-0.2, 0) is 0 Å². The number of carbonyl (C=O) groups is 2. The highest BCUT2D eigenvalue weighted by Gasteiger charge is 2.59. The zero-order valence-electron chi connectivity index (χ0n) is 13.4. The van der Waals surface area contributed by atoms with Crippen LogP contribution >= 0.6 is 0 Å². The van der Waals surface area contributed by atoms with Gasteiger partial charge in [-0.25, -0.2) is 8.78 Å². The van der Waals surface area contributed by atoms with E-state index in [4.69, 9.17) is 0 Å². The van der Waals surface area contributed by atoms with Crippen molar-refractivity contribution in [1.29, 1.82) is 0 Å². The number of hydrogen-bond donors (Lipinski definition) is 0.